The number of aromatic hydroxyl groups is 1. The van der Waals surface area contributed by atoms with Crippen molar-refractivity contribution in [1.29, 1.82) is 0 Å². The fraction of sp³-hybridized carbons (Fsp3) is 0.115. The fourth-order valence-electron chi connectivity index (χ4n) is 3.05. The molecule has 0 bridgehead atoms. The highest BCUT2D eigenvalue weighted by Crippen LogP contribution is 2.28. The van der Waals surface area contributed by atoms with Crippen molar-refractivity contribution in [2.24, 2.45) is 5.10 Å². The lowest BCUT2D eigenvalue weighted by Gasteiger charge is -2.11. The number of methoxy groups -OCH3 is 2. The minimum Gasteiger partial charge on any atom is -0.507 e. The highest BCUT2D eigenvalue weighted by atomic mass is 16.5. The molecule has 3 N–H and O–H groups in total. The first-order chi connectivity index (χ1) is 16.4. The zero-order valence-electron chi connectivity index (χ0n) is 19.0. The van der Waals surface area contributed by atoms with Crippen LogP contribution in [0.1, 0.15) is 27.0 Å². The highest BCUT2D eigenvalue weighted by molar-refractivity contribution is 6.05. The standard InChI is InChI=1S/C26H25N3O5/c1-17-9-11-22(30)20(13-17)16-27-29-26(32)21(28-25(31)19-7-5-4-6-8-19)14-18-10-12-23(33-2)24(15-18)34-3/h4-16,30H,1-3H3,(H,28,31)(H,29,32)/b21-14+,27-16-. The van der Waals surface area contributed by atoms with E-state index in [4.69, 9.17) is 9.47 Å². The molecule has 0 saturated carbocycles. The molecule has 3 aromatic rings. The van der Waals surface area contributed by atoms with Crippen molar-refractivity contribution in [3.05, 3.63) is 94.7 Å². The number of rotatable bonds is 8. The Hall–Kier alpha value is -4.59. The molecular formula is C26H25N3O5. The molecule has 8 nitrogen and oxygen atoms in total. The highest BCUT2D eigenvalue weighted by Gasteiger charge is 2.15. The van der Waals surface area contributed by atoms with Crippen LogP contribution in [0.2, 0.25) is 0 Å². The second kappa shape index (κ2) is 11.3. The second-order valence-electron chi connectivity index (χ2n) is 7.25. The molecule has 0 aliphatic carbocycles. The summed E-state index contributed by atoms with van der Waals surface area (Å²) in [5.74, 6) is -0.0767. The van der Waals surface area contributed by atoms with Gasteiger partial charge in [0.05, 0.1) is 20.4 Å². The lowest BCUT2D eigenvalue weighted by molar-refractivity contribution is -0.117. The monoisotopic (exact) mass is 459 g/mol. The summed E-state index contributed by atoms with van der Waals surface area (Å²) in [6.07, 6.45) is 2.82. The quantitative estimate of drug-likeness (QED) is 0.271. The largest absolute Gasteiger partial charge is 0.507 e. The molecule has 0 unspecified atom stereocenters. The number of hydrogen-bond acceptors (Lipinski definition) is 6. The molecule has 0 spiro atoms. The summed E-state index contributed by atoms with van der Waals surface area (Å²) in [5.41, 5.74) is 4.70. The maximum Gasteiger partial charge on any atom is 0.287 e. The van der Waals surface area contributed by atoms with Gasteiger partial charge in [-0.25, -0.2) is 5.43 Å². The Labute approximate surface area is 197 Å². The van der Waals surface area contributed by atoms with Gasteiger partial charge in [0.1, 0.15) is 11.4 Å². The minimum absolute atomic E-state index is 0.0297. The Morgan fingerprint density at radius 2 is 1.68 bits per heavy atom. The molecule has 174 valence electrons. The first-order valence-corrected chi connectivity index (χ1v) is 10.3. The van der Waals surface area contributed by atoms with Gasteiger partial charge in [0, 0.05) is 11.1 Å². The summed E-state index contributed by atoms with van der Waals surface area (Å²) in [6.45, 7) is 1.87. The van der Waals surface area contributed by atoms with E-state index in [1.165, 1.54) is 26.5 Å². The van der Waals surface area contributed by atoms with Crippen molar-refractivity contribution in [3.63, 3.8) is 0 Å². The maximum atomic E-state index is 12.9. The van der Waals surface area contributed by atoms with Gasteiger partial charge in [0.2, 0.25) is 0 Å². The molecule has 0 aromatic heterocycles. The van der Waals surface area contributed by atoms with Crippen LogP contribution < -0.4 is 20.2 Å². The number of carbonyl (C=O) groups is 2. The van der Waals surface area contributed by atoms with Gasteiger partial charge >= 0.3 is 0 Å². The number of amides is 2. The summed E-state index contributed by atoms with van der Waals surface area (Å²) in [5, 5.41) is 16.5. The molecule has 0 heterocycles. The second-order valence-corrected chi connectivity index (χ2v) is 7.25. The van der Waals surface area contributed by atoms with Crippen molar-refractivity contribution < 1.29 is 24.2 Å². The van der Waals surface area contributed by atoms with E-state index in [9.17, 15) is 14.7 Å². The SMILES string of the molecule is COc1ccc(/C=C(/NC(=O)c2ccccc2)C(=O)N/N=C\c2cc(C)ccc2O)cc1OC. The number of hydrazone groups is 1. The summed E-state index contributed by atoms with van der Waals surface area (Å²) >= 11 is 0. The maximum absolute atomic E-state index is 12.9. The third-order valence-electron chi connectivity index (χ3n) is 4.80. The van der Waals surface area contributed by atoms with Gasteiger partial charge in [0.15, 0.2) is 11.5 Å². The molecule has 0 saturated heterocycles. The predicted molar refractivity (Wildman–Crippen MR) is 130 cm³/mol. The van der Waals surface area contributed by atoms with Gasteiger partial charge in [-0.3, -0.25) is 9.59 Å². The number of hydrogen-bond donors (Lipinski definition) is 3. The van der Waals surface area contributed by atoms with Crippen molar-refractivity contribution >= 4 is 24.1 Å². The molecule has 34 heavy (non-hydrogen) atoms. The van der Waals surface area contributed by atoms with E-state index in [-0.39, 0.29) is 11.4 Å². The van der Waals surface area contributed by atoms with Crippen LogP contribution >= 0.6 is 0 Å². The van der Waals surface area contributed by atoms with Crippen LogP contribution in [0.15, 0.2) is 77.5 Å². The number of nitrogens with zero attached hydrogens (tertiary/aromatic N) is 1. The number of ether oxygens (including phenoxy) is 2. The Kier molecular flexibility index (Phi) is 8.02. The van der Waals surface area contributed by atoms with Gasteiger partial charge in [-0.15, -0.1) is 0 Å². The Morgan fingerprint density at radius 1 is 0.941 bits per heavy atom. The number of benzene rings is 3. The molecule has 2 amide bonds. The topological polar surface area (TPSA) is 109 Å². The van der Waals surface area contributed by atoms with E-state index in [1.54, 1.807) is 66.7 Å². The van der Waals surface area contributed by atoms with Gasteiger partial charge in [-0.1, -0.05) is 35.9 Å². The van der Waals surface area contributed by atoms with Crippen LogP contribution in [-0.2, 0) is 4.79 Å². The molecule has 0 radical (unpaired) electrons. The molecule has 3 rings (SSSR count). The summed E-state index contributed by atoms with van der Waals surface area (Å²) in [6, 6.07) is 18.6. The molecule has 3 aromatic carbocycles. The Balaban J connectivity index is 1.88. The zero-order chi connectivity index (χ0) is 24.5. The van der Waals surface area contributed by atoms with E-state index in [0.29, 0.717) is 28.2 Å². The van der Waals surface area contributed by atoms with Crippen molar-refractivity contribution in [2.45, 2.75) is 6.92 Å². The van der Waals surface area contributed by atoms with E-state index in [1.807, 2.05) is 6.92 Å². The Bertz CT molecular complexity index is 1240. The van der Waals surface area contributed by atoms with Crippen LogP contribution in [0.4, 0.5) is 0 Å². The van der Waals surface area contributed by atoms with Gasteiger partial charge < -0.3 is 19.9 Å². The van der Waals surface area contributed by atoms with E-state index in [0.717, 1.165) is 5.56 Å². The third kappa shape index (κ3) is 6.23. The van der Waals surface area contributed by atoms with Gasteiger partial charge in [-0.05, 0) is 55.0 Å². The molecule has 0 aliphatic heterocycles. The lowest BCUT2D eigenvalue weighted by atomic mass is 10.1. The first-order valence-electron chi connectivity index (χ1n) is 10.3. The van der Waals surface area contributed by atoms with E-state index in [2.05, 4.69) is 15.8 Å². The predicted octanol–water partition coefficient (Wildman–Crippen LogP) is 3.64. The molecule has 0 aliphatic rings. The Morgan fingerprint density at radius 3 is 2.38 bits per heavy atom. The molecule has 0 fully saturated rings. The average Bonchev–Trinajstić information content (AvgIpc) is 2.86. The summed E-state index contributed by atoms with van der Waals surface area (Å²) in [4.78, 5) is 25.6. The van der Waals surface area contributed by atoms with Gasteiger partial charge in [-0.2, -0.15) is 5.10 Å². The van der Waals surface area contributed by atoms with Crippen molar-refractivity contribution in [3.8, 4) is 17.2 Å². The fourth-order valence-corrected chi connectivity index (χ4v) is 3.05. The summed E-state index contributed by atoms with van der Waals surface area (Å²) in [7, 11) is 3.03. The minimum atomic E-state index is -0.651. The van der Waals surface area contributed by atoms with Gasteiger partial charge in [0.25, 0.3) is 11.8 Å². The average molecular weight is 460 g/mol. The van der Waals surface area contributed by atoms with Crippen molar-refractivity contribution in [1.82, 2.24) is 10.7 Å². The van der Waals surface area contributed by atoms with E-state index < -0.39 is 11.8 Å². The number of aryl methyl sites for hydroxylation is 1. The van der Waals surface area contributed by atoms with E-state index >= 15 is 0 Å². The van der Waals surface area contributed by atoms with Crippen LogP contribution in [0.5, 0.6) is 17.2 Å². The van der Waals surface area contributed by atoms with Crippen LogP contribution in [0.3, 0.4) is 0 Å². The zero-order valence-corrected chi connectivity index (χ0v) is 19.0. The van der Waals surface area contributed by atoms with Crippen molar-refractivity contribution in [2.75, 3.05) is 14.2 Å². The normalized spacial score (nSPS) is 11.2. The smallest absolute Gasteiger partial charge is 0.287 e. The number of phenolic OH excluding ortho intramolecular Hbond substituents is 1. The summed E-state index contributed by atoms with van der Waals surface area (Å²) < 4.78 is 10.6. The number of carbonyl (C=O) groups excluding carboxylic acids is 2. The lowest BCUT2D eigenvalue weighted by Crippen LogP contribution is -2.32. The van der Waals surface area contributed by atoms with Crippen LogP contribution in [0, 0.1) is 6.92 Å². The first kappa shape index (κ1) is 24.1. The van der Waals surface area contributed by atoms with Crippen LogP contribution in [0.25, 0.3) is 6.08 Å². The third-order valence-corrected chi connectivity index (χ3v) is 4.80. The van der Waals surface area contributed by atoms with Crippen LogP contribution in [-0.4, -0.2) is 37.4 Å². The number of phenols is 1. The number of nitrogens with one attached hydrogen (secondary N) is 2. The molecular weight excluding hydrogens is 434 g/mol. The molecule has 0 atom stereocenters. The molecule has 8 heteroatoms.